The van der Waals surface area contributed by atoms with Crippen LogP contribution >= 0.6 is 0 Å². The molecule has 36 heavy (non-hydrogen) atoms. The van der Waals surface area contributed by atoms with Gasteiger partial charge in [0.15, 0.2) is 0 Å². The molecule has 0 N–H and O–H groups in total. The van der Waals surface area contributed by atoms with Crippen molar-refractivity contribution in [3.63, 3.8) is 0 Å². The van der Waals surface area contributed by atoms with Gasteiger partial charge in [0.1, 0.15) is 5.75 Å². The van der Waals surface area contributed by atoms with Crippen molar-refractivity contribution in [1.82, 2.24) is 9.80 Å². The summed E-state index contributed by atoms with van der Waals surface area (Å²) in [5.74, 6) is 1.61. The summed E-state index contributed by atoms with van der Waals surface area (Å²) in [5.41, 5.74) is 3.14. The Morgan fingerprint density at radius 1 is 0.889 bits per heavy atom. The molecule has 0 aromatic heterocycles. The number of methoxy groups -OCH3 is 1. The molecule has 1 aliphatic heterocycles. The highest BCUT2D eigenvalue weighted by Gasteiger charge is 2.26. The molecule has 0 radical (unpaired) electrons. The van der Waals surface area contributed by atoms with E-state index in [9.17, 15) is 9.59 Å². The number of aryl methyl sites for hydroxylation is 1. The zero-order chi connectivity index (χ0) is 25.8. The lowest BCUT2D eigenvalue weighted by molar-refractivity contribution is -0.132. The Kier molecular flexibility index (Phi) is 11.3. The number of unbranched alkanes of at least 4 members (excludes halogenated alkanes) is 4. The van der Waals surface area contributed by atoms with Gasteiger partial charge < -0.3 is 14.5 Å². The zero-order valence-corrected chi connectivity index (χ0v) is 22.5. The Hall–Kier alpha value is -2.82. The molecule has 1 aliphatic rings. The lowest BCUT2D eigenvalue weighted by atomic mass is 9.95. The highest BCUT2D eigenvalue weighted by Crippen LogP contribution is 2.23. The SMILES string of the molecule is CCCCCCCC(=O)N(Cc1ccc(OC)cc1)CC1CCN(C(=O)c2ccc(CC)cc2)CC1. The number of nitrogens with zero attached hydrogens (tertiary/aromatic N) is 2. The number of ether oxygens (including phenoxy) is 1. The van der Waals surface area contributed by atoms with Crippen molar-refractivity contribution in [2.75, 3.05) is 26.7 Å². The third-order valence-corrected chi connectivity index (χ3v) is 7.37. The number of benzene rings is 2. The van der Waals surface area contributed by atoms with Crippen LogP contribution in [0.15, 0.2) is 48.5 Å². The van der Waals surface area contributed by atoms with Crippen LogP contribution in [0.25, 0.3) is 0 Å². The van der Waals surface area contributed by atoms with E-state index in [-0.39, 0.29) is 11.8 Å². The van der Waals surface area contributed by atoms with Gasteiger partial charge in [-0.1, -0.05) is 63.8 Å². The third kappa shape index (κ3) is 8.39. The van der Waals surface area contributed by atoms with E-state index >= 15 is 0 Å². The van der Waals surface area contributed by atoms with Crippen molar-refractivity contribution < 1.29 is 14.3 Å². The summed E-state index contributed by atoms with van der Waals surface area (Å²) < 4.78 is 5.29. The van der Waals surface area contributed by atoms with Gasteiger partial charge in [-0.25, -0.2) is 0 Å². The number of likely N-dealkylation sites (tertiary alicyclic amines) is 1. The van der Waals surface area contributed by atoms with Crippen LogP contribution in [0.2, 0.25) is 0 Å². The number of hydrogen-bond donors (Lipinski definition) is 0. The minimum atomic E-state index is 0.120. The first-order chi connectivity index (χ1) is 17.5. The van der Waals surface area contributed by atoms with Crippen molar-refractivity contribution in [3.8, 4) is 5.75 Å². The lowest BCUT2D eigenvalue weighted by Crippen LogP contribution is -2.42. The minimum absolute atomic E-state index is 0.120. The molecule has 5 heteroatoms. The van der Waals surface area contributed by atoms with Crippen LogP contribution in [0, 0.1) is 5.92 Å². The van der Waals surface area contributed by atoms with E-state index < -0.39 is 0 Å². The first-order valence-electron chi connectivity index (χ1n) is 13.8. The number of carbonyl (C=O) groups excluding carboxylic acids is 2. The molecule has 2 amide bonds. The maximum atomic E-state index is 13.2. The lowest BCUT2D eigenvalue weighted by Gasteiger charge is -2.35. The second-order valence-corrected chi connectivity index (χ2v) is 10.1. The van der Waals surface area contributed by atoms with Crippen LogP contribution in [0.4, 0.5) is 0 Å². The Bertz CT molecular complexity index is 931. The number of rotatable bonds is 13. The quantitative estimate of drug-likeness (QED) is 0.300. The van der Waals surface area contributed by atoms with E-state index in [1.807, 2.05) is 58.3 Å². The maximum Gasteiger partial charge on any atom is 0.253 e. The fourth-order valence-electron chi connectivity index (χ4n) is 4.94. The van der Waals surface area contributed by atoms with Crippen LogP contribution in [0.5, 0.6) is 5.75 Å². The average molecular weight is 493 g/mol. The van der Waals surface area contributed by atoms with Crippen LogP contribution in [0.3, 0.4) is 0 Å². The van der Waals surface area contributed by atoms with Crippen molar-refractivity contribution in [2.45, 2.75) is 78.2 Å². The fraction of sp³-hybridized carbons (Fsp3) is 0.548. The van der Waals surface area contributed by atoms with Crippen molar-refractivity contribution in [3.05, 3.63) is 65.2 Å². The average Bonchev–Trinajstić information content (AvgIpc) is 2.93. The van der Waals surface area contributed by atoms with Crippen molar-refractivity contribution in [1.29, 1.82) is 0 Å². The fourth-order valence-corrected chi connectivity index (χ4v) is 4.94. The van der Waals surface area contributed by atoms with E-state index in [2.05, 4.69) is 13.8 Å². The Morgan fingerprint density at radius 3 is 2.14 bits per heavy atom. The topological polar surface area (TPSA) is 49.9 Å². The van der Waals surface area contributed by atoms with E-state index in [1.54, 1.807) is 7.11 Å². The molecule has 5 nitrogen and oxygen atoms in total. The maximum absolute atomic E-state index is 13.2. The Balaban J connectivity index is 1.56. The van der Waals surface area contributed by atoms with Crippen molar-refractivity contribution in [2.24, 2.45) is 5.92 Å². The predicted octanol–water partition coefficient (Wildman–Crippen LogP) is 6.50. The highest BCUT2D eigenvalue weighted by atomic mass is 16.5. The standard InChI is InChI=1S/C31H44N2O3/c1-4-6-7-8-9-10-30(34)33(23-26-13-17-29(36-3)18-14-26)24-27-19-21-32(22-20-27)31(35)28-15-11-25(5-2)12-16-28/h11-18,27H,4-10,19-24H2,1-3H3. The summed E-state index contributed by atoms with van der Waals surface area (Å²) in [6.07, 6.45) is 9.19. The summed E-state index contributed by atoms with van der Waals surface area (Å²) in [6.45, 7) is 7.22. The molecular weight excluding hydrogens is 448 g/mol. The normalized spacial score (nSPS) is 14.0. The highest BCUT2D eigenvalue weighted by molar-refractivity contribution is 5.94. The van der Waals surface area contributed by atoms with E-state index in [0.717, 1.165) is 68.6 Å². The zero-order valence-electron chi connectivity index (χ0n) is 22.5. The summed E-state index contributed by atoms with van der Waals surface area (Å²) in [7, 11) is 1.67. The van der Waals surface area contributed by atoms with Gasteiger partial charge in [0.2, 0.25) is 5.91 Å². The van der Waals surface area contributed by atoms with E-state index in [4.69, 9.17) is 4.74 Å². The molecule has 1 heterocycles. The molecule has 0 bridgehead atoms. The molecule has 0 unspecified atom stereocenters. The van der Waals surface area contributed by atoms with Gasteiger partial charge in [0.05, 0.1) is 7.11 Å². The van der Waals surface area contributed by atoms with Gasteiger partial charge >= 0.3 is 0 Å². The van der Waals surface area contributed by atoms with Crippen molar-refractivity contribution >= 4 is 11.8 Å². The molecule has 0 atom stereocenters. The van der Waals surface area contributed by atoms with Gasteiger partial charge in [-0.15, -0.1) is 0 Å². The van der Waals surface area contributed by atoms with Crippen LogP contribution in [-0.2, 0) is 17.8 Å². The van der Waals surface area contributed by atoms with Crippen LogP contribution < -0.4 is 4.74 Å². The number of carbonyl (C=O) groups is 2. The monoisotopic (exact) mass is 492 g/mol. The molecular formula is C31H44N2O3. The summed E-state index contributed by atoms with van der Waals surface area (Å²) in [4.78, 5) is 30.2. The Morgan fingerprint density at radius 2 is 1.53 bits per heavy atom. The molecule has 196 valence electrons. The molecule has 2 aromatic rings. The number of piperidine rings is 1. The van der Waals surface area contributed by atoms with E-state index in [1.165, 1.54) is 24.8 Å². The van der Waals surface area contributed by atoms with Gasteiger partial charge in [-0.05, 0) is 67.0 Å². The molecule has 0 saturated carbocycles. The van der Waals surface area contributed by atoms with Gasteiger partial charge in [-0.3, -0.25) is 9.59 Å². The molecule has 2 aromatic carbocycles. The van der Waals surface area contributed by atoms with Gasteiger partial charge in [-0.2, -0.15) is 0 Å². The molecule has 1 saturated heterocycles. The smallest absolute Gasteiger partial charge is 0.253 e. The van der Waals surface area contributed by atoms with Crippen LogP contribution in [-0.4, -0.2) is 48.4 Å². The molecule has 3 rings (SSSR count). The minimum Gasteiger partial charge on any atom is -0.497 e. The first-order valence-corrected chi connectivity index (χ1v) is 13.8. The summed E-state index contributed by atoms with van der Waals surface area (Å²) in [6, 6.07) is 16.0. The third-order valence-electron chi connectivity index (χ3n) is 7.37. The second-order valence-electron chi connectivity index (χ2n) is 10.1. The summed E-state index contributed by atoms with van der Waals surface area (Å²) in [5, 5.41) is 0. The van der Waals surface area contributed by atoms with Gasteiger partial charge in [0, 0.05) is 38.2 Å². The van der Waals surface area contributed by atoms with Crippen LogP contribution in [0.1, 0.15) is 86.7 Å². The van der Waals surface area contributed by atoms with E-state index in [0.29, 0.717) is 18.9 Å². The Labute approximate surface area is 217 Å². The van der Waals surface area contributed by atoms with Gasteiger partial charge in [0.25, 0.3) is 5.91 Å². The summed E-state index contributed by atoms with van der Waals surface area (Å²) >= 11 is 0. The second kappa shape index (κ2) is 14.7. The molecule has 0 spiro atoms. The molecule has 0 aliphatic carbocycles. The predicted molar refractivity (Wildman–Crippen MR) is 146 cm³/mol. The first kappa shape index (κ1) is 27.8. The largest absolute Gasteiger partial charge is 0.497 e. The number of hydrogen-bond acceptors (Lipinski definition) is 3. The molecule has 1 fully saturated rings. The number of amides is 2.